The van der Waals surface area contributed by atoms with Crippen molar-refractivity contribution in [1.29, 1.82) is 0 Å². The van der Waals surface area contributed by atoms with Crippen LogP contribution in [0, 0.1) is 0 Å². The summed E-state index contributed by atoms with van der Waals surface area (Å²) in [4.78, 5) is 10.5. The van der Waals surface area contributed by atoms with Crippen LogP contribution in [0.25, 0.3) is 11.3 Å². The van der Waals surface area contributed by atoms with Crippen LogP contribution in [-0.4, -0.2) is 11.4 Å². The van der Waals surface area contributed by atoms with Crippen LogP contribution in [0.4, 0.5) is 0 Å². The van der Waals surface area contributed by atoms with Gasteiger partial charge in [-0.15, -0.1) is 0 Å². The van der Waals surface area contributed by atoms with E-state index in [0.717, 1.165) is 35.5 Å². The molecule has 14 heavy (non-hydrogen) atoms. The van der Waals surface area contributed by atoms with Gasteiger partial charge in [-0.25, -0.2) is 0 Å². The van der Waals surface area contributed by atoms with E-state index in [-0.39, 0.29) is 0 Å². The molecule has 2 aromatic heterocycles. The van der Waals surface area contributed by atoms with Crippen molar-refractivity contribution < 1.29 is 13.7 Å². The molecule has 2 heterocycles. The third kappa shape index (κ3) is 0.878. The van der Waals surface area contributed by atoms with E-state index in [1.54, 1.807) is 12.3 Å². The first-order chi connectivity index (χ1) is 6.88. The molecule has 0 radical (unpaired) electrons. The Morgan fingerprint density at radius 1 is 1.43 bits per heavy atom. The fourth-order valence-electron chi connectivity index (χ4n) is 1.79. The molecule has 4 heteroatoms. The Kier molecular flexibility index (Phi) is 1.39. The van der Waals surface area contributed by atoms with Crippen molar-refractivity contribution in [3.8, 4) is 11.3 Å². The Balaban J connectivity index is 2.24. The second-order valence-corrected chi connectivity index (χ2v) is 3.28. The van der Waals surface area contributed by atoms with Gasteiger partial charge in [-0.2, -0.15) is 0 Å². The van der Waals surface area contributed by atoms with E-state index in [4.69, 9.17) is 8.94 Å². The number of carbonyl (C=O) groups is 1. The summed E-state index contributed by atoms with van der Waals surface area (Å²) in [7, 11) is 0. The molecule has 0 spiro atoms. The fraction of sp³-hybridized carbons (Fsp3) is 0.200. The Bertz CT molecular complexity index is 495. The molecule has 0 fully saturated rings. The molecule has 0 saturated heterocycles. The molecule has 70 valence electrons. The lowest BCUT2D eigenvalue weighted by molar-refractivity contribution is 0.109. The number of nitrogens with zero attached hydrogens (tertiary/aromatic N) is 1. The van der Waals surface area contributed by atoms with Crippen LogP contribution in [0.5, 0.6) is 0 Å². The minimum Gasteiger partial charge on any atom is -0.457 e. The number of fused-ring (bicyclic) bond motifs is 3. The van der Waals surface area contributed by atoms with Crippen molar-refractivity contribution in [1.82, 2.24) is 5.16 Å². The van der Waals surface area contributed by atoms with E-state index in [1.165, 1.54) is 0 Å². The maximum absolute atomic E-state index is 10.5. The quantitative estimate of drug-likeness (QED) is 0.642. The van der Waals surface area contributed by atoms with Crippen molar-refractivity contribution in [2.45, 2.75) is 12.8 Å². The van der Waals surface area contributed by atoms with Crippen molar-refractivity contribution in [3.05, 3.63) is 29.3 Å². The SMILES string of the molecule is O=Cc1cc2c(o1)CCc1cnoc1-2. The van der Waals surface area contributed by atoms with Gasteiger partial charge in [0.2, 0.25) is 0 Å². The van der Waals surface area contributed by atoms with E-state index in [9.17, 15) is 4.79 Å². The smallest absolute Gasteiger partial charge is 0.185 e. The number of furan rings is 1. The van der Waals surface area contributed by atoms with Crippen LogP contribution in [0.15, 0.2) is 21.2 Å². The summed E-state index contributed by atoms with van der Waals surface area (Å²) in [5, 5.41) is 3.73. The van der Waals surface area contributed by atoms with Gasteiger partial charge >= 0.3 is 0 Å². The molecule has 0 saturated carbocycles. The second kappa shape index (κ2) is 2.57. The van der Waals surface area contributed by atoms with Gasteiger partial charge in [0.1, 0.15) is 5.76 Å². The summed E-state index contributed by atoms with van der Waals surface area (Å²) >= 11 is 0. The van der Waals surface area contributed by atoms with Crippen LogP contribution < -0.4 is 0 Å². The monoisotopic (exact) mass is 189 g/mol. The zero-order valence-electron chi connectivity index (χ0n) is 7.32. The largest absolute Gasteiger partial charge is 0.457 e. The Morgan fingerprint density at radius 2 is 2.36 bits per heavy atom. The molecule has 0 amide bonds. The summed E-state index contributed by atoms with van der Waals surface area (Å²) < 4.78 is 10.4. The molecule has 0 bridgehead atoms. The van der Waals surface area contributed by atoms with Gasteiger partial charge < -0.3 is 8.94 Å². The highest BCUT2D eigenvalue weighted by molar-refractivity contribution is 5.77. The molecule has 0 aliphatic heterocycles. The van der Waals surface area contributed by atoms with Gasteiger partial charge in [-0.05, 0) is 12.5 Å². The molecular weight excluding hydrogens is 182 g/mol. The van der Waals surface area contributed by atoms with E-state index in [0.29, 0.717) is 12.0 Å². The normalized spacial score (nSPS) is 13.4. The third-order valence-electron chi connectivity index (χ3n) is 2.45. The zero-order valence-corrected chi connectivity index (χ0v) is 7.32. The first-order valence-corrected chi connectivity index (χ1v) is 4.40. The van der Waals surface area contributed by atoms with Crippen molar-refractivity contribution >= 4 is 6.29 Å². The van der Waals surface area contributed by atoms with Crippen LogP contribution in [0.3, 0.4) is 0 Å². The molecule has 0 atom stereocenters. The maximum atomic E-state index is 10.5. The van der Waals surface area contributed by atoms with E-state index >= 15 is 0 Å². The summed E-state index contributed by atoms with van der Waals surface area (Å²) in [5.74, 6) is 1.90. The van der Waals surface area contributed by atoms with Crippen molar-refractivity contribution in [3.63, 3.8) is 0 Å². The molecule has 0 N–H and O–H groups in total. The number of rotatable bonds is 1. The molecule has 3 rings (SSSR count). The first kappa shape index (κ1) is 7.55. The Morgan fingerprint density at radius 3 is 3.21 bits per heavy atom. The number of hydrogen-bond acceptors (Lipinski definition) is 4. The highest BCUT2D eigenvalue weighted by atomic mass is 16.5. The number of carbonyl (C=O) groups excluding carboxylic acids is 1. The second-order valence-electron chi connectivity index (χ2n) is 3.28. The lowest BCUT2D eigenvalue weighted by Gasteiger charge is -2.06. The lowest BCUT2D eigenvalue weighted by atomic mass is 9.97. The minimum atomic E-state index is 0.347. The zero-order chi connectivity index (χ0) is 9.54. The lowest BCUT2D eigenvalue weighted by Crippen LogP contribution is -1.97. The summed E-state index contributed by atoms with van der Waals surface area (Å²) in [6.07, 6.45) is 4.08. The third-order valence-corrected chi connectivity index (χ3v) is 2.45. The van der Waals surface area contributed by atoms with Crippen molar-refractivity contribution in [2.24, 2.45) is 0 Å². The van der Waals surface area contributed by atoms with Crippen LogP contribution in [0.2, 0.25) is 0 Å². The predicted octanol–water partition coefficient (Wildman–Crippen LogP) is 1.85. The average Bonchev–Trinajstić information content (AvgIpc) is 2.82. The molecule has 1 aliphatic rings. The highest BCUT2D eigenvalue weighted by Gasteiger charge is 2.24. The van der Waals surface area contributed by atoms with Gasteiger partial charge in [0.05, 0.1) is 11.8 Å². The van der Waals surface area contributed by atoms with Crippen LogP contribution in [-0.2, 0) is 12.8 Å². The van der Waals surface area contributed by atoms with E-state index < -0.39 is 0 Å². The summed E-state index contributed by atoms with van der Waals surface area (Å²) in [6.45, 7) is 0. The number of aryl methyl sites for hydroxylation is 2. The maximum Gasteiger partial charge on any atom is 0.185 e. The Labute approximate surface area is 79.5 Å². The van der Waals surface area contributed by atoms with Gasteiger partial charge in [0.15, 0.2) is 17.8 Å². The summed E-state index contributed by atoms with van der Waals surface area (Å²) in [5.41, 5.74) is 1.95. The molecule has 0 unspecified atom stereocenters. The van der Waals surface area contributed by atoms with E-state index in [1.807, 2.05) is 0 Å². The van der Waals surface area contributed by atoms with Crippen LogP contribution in [0.1, 0.15) is 21.9 Å². The highest BCUT2D eigenvalue weighted by Crippen LogP contribution is 2.34. The molecule has 0 aromatic carbocycles. The molecular formula is C10H7NO3. The molecule has 4 nitrogen and oxygen atoms in total. The van der Waals surface area contributed by atoms with E-state index in [2.05, 4.69) is 5.16 Å². The molecule has 1 aliphatic carbocycles. The van der Waals surface area contributed by atoms with Gasteiger partial charge in [0.25, 0.3) is 0 Å². The fourth-order valence-corrected chi connectivity index (χ4v) is 1.79. The minimum absolute atomic E-state index is 0.347. The van der Waals surface area contributed by atoms with Crippen molar-refractivity contribution in [2.75, 3.05) is 0 Å². The molecule has 2 aromatic rings. The average molecular weight is 189 g/mol. The number of aromatic nitrogens is 1. The van der Waals surface area contributed by atoms with Gasteiger partial charge in [-0.3, -0.25) is 4.79 Å². The standard InChI is InChI=1S/C10H7NO3/c12-5-7-3-8-9(13-7)2-1-6-4-11-14-10(6)8/h3-5H,1-2H2. The predicted molar refractivity (Wildman–Crippen MR) is 47.0 cm³/mol. The van der Waals surface area contributed by atoms with Gasteiger partial charge in [-0.1, -0.05) is 5.16 Å². The number of aldehydes is 1. The topological polar surface area (TPSA) is 56.2 Å². The summed E-state index contributed by atoms with van der Waals surface area (Å²) in [6, 6.07) is 1.70. The Hall–Kier alpha value is -1.84. The number of hydrogen-bond donors (Lipinski definition) is 0. The van der Waals surface area contributed by atoms with Crippen LogP contribution >= 0.6 is 0 Å². The van der Waals surface area contributed by atoms with Gasteiger partial charge in [0, 0.05) is 12.0 Å². The first-order valence-electron chi connectivity index (χ1n) is 4.40.